The number of hydrogen-bond donors (Lipinski definition) is 1. The van der Waals surface area contributed by atoms with Crippen LogP contribution in [0.3, 0.4) is 0 Å². The molecule has 1 aliphatic heterocycles. The molecular weight excluding hydrogens is 589 g/mol. The third-order valence-electron chi connectivity index (χ3n) is 7.22. The molecule has 238 valence electrons. The van der Waals surface area contributed by atoms with Crippen molar-refractivity contribution < 1.29 is 33.0 Å². The van der Waals surface area contributed by atoms with Crippen molar-refractivity contribution in [2.24, 2.45) is 0 Å². The van der Waals surface area contributed by atoms with Crippen LogP contribution in [0.5, 0.6) is 5.75 Å². The highest BCUT2D eigenvalue weighted by Crippen LogP contribution is 2.39. The first-order valence-electron chi connectivity index (χ1n) is 14.9. The first kappa shape index (κ1) is 34.6. The monoisotopic (exact) mass is 629 g/mol. The van der Waals surface area contributed by atoms with Gasteiger partial charge in [0.15, 0.2) is 6.61 Å². The van der Waals surface area contributed by atoms with Crippen LogP contribution >= 0.6 is 11.6 Å². The molecule has 0 unspecified atom stereocenters. The van der Waals surface area contributed by atoms with E-state index >= 15 is 0 Å². The average molecular weight is 630 g/mol. The quantitative estimate of drug-likeness (QED) is 0.169. The molecule has 2 aromatic carbocycles. The van der Waals surface area contributed by atoms with Crippen LogP contribution in [0.1, 0.15) is 77.2 Å². The Morgan fingerprint density at radius 1 is 1.02 bits per heavy atom. The van der Waals surface area contributed by atoms with Gasteiger partial charge >= 0.3 is 12.0 Å². The zero-order chi connectivity index (χ0) is 32.4. The van der Waals surface area contributed by atoms with Gasteiger partial charge in [0.05, 0.1) is 17.3 Å². The van der Waals surface area contributed by atoms with Crippen molar-refractivity contribution in [1.29, 1.82) is 0 Å². The lowest BCUT2D eigenvalue weighted by atomic mass is 9.93. The minimum Gasteiger partial charge on any atom is -0.480 e. The molecule has 44 heavy (non-hydrogen) atoms. The fourth-order valence-corrected chi connectivity index (χ4v) is 4.87. The second kappa shape index (κ2) is 16.2. The molecule has 0 bridgehead atoms. The molecule has 1 heterocycles. The Hall–Kier alpha value is -3.92. The van der Waals surface area contributed by atoms with Gasteiger partial charge in [-0.2, -0.15) is 0 Å². The highest BCUT2D eigenvalue weighted by atomic mass is 35.5. The van der Waals surface area contributed by atoms with E-state index in [0.29, 0.717) is 36.5 Å². The number of rotatable bonds is 10. The highest BCUT2D eigenvalue weighted by molar-refractivity contribution is 6.34. The summed E-state index contributed by atoms with van der Waals surface area (Å²) < 4.78 is 25.0. The van der Waals surface area contributed by atoms with Gasteiger partial charge in [0.1, 0.15) is 11.6 Å². The van der Waals surface area contributed by atoms with Crippen molar-refractivity contribution in [3.05, 3.63) is 63.9 Å². The Morgan fingerprint density at radius 2 is 1.64 bits per heavy atom. The van der Waals surface area contributed by atoms with Gasteiger partial charge in [0.25, 0.3) is 11.8 Å². The van der Waals surface area contributed by atoms with Crippen LogP contribution in [-0.4, -0.2) is 56.0 Å². The van der Waals surface area contributed by atoms with E-state index in [1.54, 1.807) is 14.1 Å². The standard InChI is InChI=1S/C21H23ClFNO5.C12H18N2O/c1-2-3-6-9-28-19(25)12-29-18-11-17(16(23)10-15(18)22)24-20(26)13-7-4-5-8-14(13)21(24)27;1-9(2)10-5-7-11(8-6-10)13-12(15)14(3)4/h10-11H,2-9,12H2,1H3;5-9H,1-4H3,(H,13,15). The lowest BCUT2D eigenvalue weighted by molar-refractivity contribution is -0.146. The third kappa shape index (κ3) is 9.05. The molecule has 11 heteroatoms. The molecule has 0 saturated carbocycles. The Labute approximate surface area is 263 Å². The molecule has 0 aromatic heterocycles. The van der Waals surface area contributed by atoms with Gasteiger partial charge in [-0.15, -0.1) is 0 Å². The number of halogens is 2. The van der Waals surface area contributed by atoms with E-state index in [9.17, 15) is 23.6 Å². The van der Waals surface area contributed by atoms with Crippen molar-refractivity contribution in [2.45, 2.75) is 71.6 Å². The zero-order valence-electron chi connectivity index (χ0n) is 26.0. The number of unbranched alkanes of at least 4 members (excludes halogenated alkanes) is 2. The van der Waals surface area contributed by atoms with Crippen molar-refractivity contribution in [2.75, 3.05) is 37.5 Å². The molecular formula is C33H41ClFN3O6. The molecule has 4 amide bonds. The van der Waals surface area contributed by atoms with Crippen molar-refractivity contribution >= 4 is 46.8 Å². The first-order chi connectivity index (χ1) is 20.9. The van der Waals surface area contributed by atoms with Gasteiger partial charge in [-0.25, -0.2) is 18.9 Å². The molecule has 4 rings (SSSR count). The van der Waals surface area contributed by atoms with E-state index in [4.69, 9.17) is 21.1 Å². The number of benzene rings is 2. The highest BCUT2D eigenvalue weighted by Gasteiger charge is 2.41. The summed E-state index contributed by atoms with van der Waals surface area (Å²) in [6.45, 7) is 6.22. The molecule has 0 atom stereocenters. The fourth-order valence-electron chi connectivity index (χ4n) is 4.66. The minimum atomic E-state index is -0.814. The maximum Gasteiger partial charge on any atom is 0.344 e. The predicted octanol–water partition coefficient (Wildman–Crippen LogP) is 7.24. The van der Waals surface area contributed by atoms with Gasteiger partial charge in [-0.1, -0.05) is 57.3 Å². The number of urea groups is 1. The van der Waals surface area contributed by atoms with Crippen LogP contribution in [0.2, 0.25) is 5.02 Å². The van der Waals surface area contributed by atoms with E-state index in [-0.39, 0.29) is 22.5 Å². The Morgan fingerprint density at radius 3 is 2.18 bits per heavy atom. The normalized spacial score (nSPS) is 14.2. The van der Waals surface area contributed by atoms with Crippen molar-refractivity contribution in [1.82, 2.24) is 4.90 Å². The first-order valence-corrected chi connectivity index (χ1v) is 15.3. The van der Waals surface area contributed by atoms with E-state index < -0.39 is 30.2 Å². The summed E-state index contributed by atoms with van der Waals surface area (Å²) in [6, 6.07) is 9.97. The summed E-state index contributed by atoms with van der Waals surface area (Å²) in [5.74, 6) is -1.89. The van der Waals surface area contributed by atoms with E-state index in [0.717, 1.165) is 48.8 Å². The molecule has 0 saturated heterocycles. The zero-order valence-corrected chi connectivity index (χ0v) is 26.8. The number of hydrogen-bond acceptors (Lipinski definition) is 6. The molecule has 2 aromatic rings. The molecule has 0 spiro atoms. The van der Waals surface area contributed by atoms with Gasteiger partial charge in [-0.3, -0.25) is 9.59 Å². The Kier molecular flexibility index (Phi) is 12.8. The molecule has 9 nitrogen and oxygen atoms in total. The maximum atomic E-state index is 14.5. The number of imide groups is 1. The number of amides is 4. The lowest BCUT2D eigenvalue weighted by Gasteiger charge is -2.18. The van der Waals surface area contributed by atoms with E-state index in [1.165, 1.54) is 16.5 Å². The van der Waals surface area contributed by atoms with E-state index in [1.807, 2.05) is 31.2 Å². The smallest absolute Gasteiger partial charge is 0.344 e. The molecule has 2 aliphatic rings. The number of nitrogens with zero attached hydrogens (tertiary/aromatic N) is 2. The van der Waals surface area contributed by atoms with Crippen LogP contribution in [-0.2, 0) is 19.1 Å². The topological polar surface area (TPSA) is 105 Å². The van der Waals surface area contributed by atoms with Gasteiger partial charge in [-0.05, 0) is 61.8 Å². The molecule has 0 radical (unpaired) electrons. The summed E-state index contributed by atoms with van der Waals surface area (Å²) in [5.41, 5.74) is 2.78. The third-order valence-corrected chi connectivity index (χ3v) is 7.52. The van der Waals surface area contributed by atoms with Crippen molar-refractivity contribution in [3.63, 3.8) is 0 Å². The second-order valence-electron chi connectivity index (χ2n) is 11.2. The van der Waals surface area contributed by atoms with Crippen LogP contribution in [0, 0.1) is 5.82 Å². The van der Waals surface area contributed by atoms with Gasteiger partial charge in [0, 0.05) is 37.0 Å². The SMILES string of the molecule is CC(C)c1ccc(NC(=O)N(C)C)cc1.CCCCCOC(=O)COc1cc(N2C(=O)C3=C(CCCC3)C2=O)c(F)cc1Cl. The molecule has 1 aliphatic carbocycles. The number of esters is 1. The molecule has 1 N–H and O–H groups in total. The summed E-state index contributed by atoms with van der Waals surface area (Å²) in [5, 5.41) is 2.73. The molecule has 0 fully saturated rings. The minimum absolute atomic E-state index is 0.000883. The summed E-state index contributed by atoms with van der Waals surface area (Å²) in [6.07, 6.45) is 5.40. The van der Waals surface area contributed by atoms with E-state index in [2.05, 4.69) is 19.2 Å². The number of carbonyl (C=O) groups is 4. The van der Waals surface area contributed by atoms with Crippen LogP contribution in [0.25, 0.3) is 0 Å². The summed E-state index contributed by atoms with van der Waals surface area (Å²) in [4.78, 5) is 50.8. The van der Waals surface area contributed by atoms with Gasteiger partial charge in [0.2, 0.25) is 0 Å². The average Bonchev–Trinajstić information content (AvgIpc) is 3.25. The summed E-state index contributed by atoms with van der Waals surface area (Å²) in [7, 11) is 3.44. The predicted molar refractivity (Wildman–Crippen MR) is 169 cm³/mol. The van der Waals surface area contributed by atoms with Crippen molar-refractivity contribution in [3.8, 4) is 5.75 Å². The number of ether oxygens (including phenoxy) is 2. The number of anilines is 2. The fraction of sp³-hybridized carbons (Fsp3) is 0.455. The summed E-state index contributed by atoms with van der Waals surface area (Å²) >= 11 is 6.02. The Balaban J connectivity index is 0.000000297. The Bertz CT molecular complexity index is 1360. The number of carbonyl (C=O) groups excluding carboxylic acids is 4. The maximum absolute atomic E-state index is 14.5. The van der Waals surface area contributed by atoms with Crippen LogP contribution in [0.15, 0.2) is 47.5 Å². The largest absolute Gasteiger partial charge is 0.480 e. The lowest BCUT2D eigenvalue weighted by Crippen LogP contribution is -2.32. The van der Waals surface area contributed by atoms with Crippen LogP contribution in [0.4, 0.5) is 20.6 Å². The second-order valence-corrected chi connectivity index (χ2v) is 11.6. The van der Waals surface area contributed by atoms with Gasteiger partial charge < -0.3 is 19.7 Å². The van der Waals surface area contributed by atoms with Crippen LogP contribution < -0.4 is 15.0 Å². The number of nitrogens with one attached hydrogen (secondary N) is 1.